The first-order valence-corrected chi connectivity index (χ1v) is 9.25. The van der Waals surface area contributed by atoms with Gasteiger partial charge in [-0.2, -0.15) is 0 Å². The largest absolute Gasteiger partial charge is 0.493 e. The highest BCUT2D eigenvalue weighted by atomic mass is 16.5. The monoisotopic (exact) mass is 404 g/mol. The van der Waals surface area contributed by atoms with Crippen LogP contribution in [0.4, 0.5) is 5.69 Å². The van der Waals surface area contributed by atoms with Crippen LogP contribution in [0.2, 0.25) is 0 Å². The van der Waals surface area contributed by atoms with Crippen molar-refractivity contribution in [3.63, 3.8) is 0 Å². The summed E-state index contributed by atoms with van der Waals surface area (Å²) in [6, 6.07) is 13.7. The van der Waals surface area contributed by atoms with E-state index in [1.54, 1.807) is 44.6 Å². The van der Waals surface area contributed by atoms with Gasteiger partial charge >= 0.3 is 0 Å². The van der Waals surface area contributed by atoms with Gasteiger partial charge in [0.1, 0.15) is 12.3 Å². The zero-order valence-electron chi connectivity index (χ0n) is 16.5. The maximum Gasteiger partial charge on any atom is 0.255 e. The van der Waals surface area contributed by atoms with Gasteiger partial charge in [0.25, 0.3) is 11.5 Å². The molecule has 8 heteroatoms. The highest BCUT2D eigenvalue weighted by molar-refractivity contribution is 6.04. The molecule has 1 aromatic carbocycles. The smallest absolute Gasteiger partial charge is 0.255 e. The van der Waals surface area contributed by atoms with Crippen LogP contribution in [0, 0.1) is 0 Å². The number of amides is 1. The molecule has 0 spiro atoms. The van der Waals surface area contributed by atoms with Gasteiger partial charge in [0.15, 0.2) is 11.5 Å². The second kappa shape index (κ2) is 8.12. The van der Waals surface area contributed by atoms with Crippen LogP contribution in [0.15, 0.2) is 71.9 Å². The summed E-state index contributed by atoms with van der Waals surface area (Å²) in [4.78, 5) is 28.7. The van der Waals surface area contributed by atoms with Crippen LogP contribution in [-0.4, -0.2) is 27.0 Å². The van der Waals surface area contributed by atoms with Crippen molar-refractivity contribution in [2.24, 2.45) is 7.05 Å². The number of hydrogen-bond acceptors (Lipinski definition) is 5. The van der Waals surface area contributed by atoms with E-state index in [1.165, 1.54) is 10.6 Å². The minimum Gasteiger partial charge on any atom is -0.493 e. The molecule has 1 N–H and O–H groups in total. The molecule has 3 aromatic heterocycles. The van der Waals surface area contributed by atoms with Crippen LogP contribution in [0.25, 0.3) is 5.65 Å². The van der Waals surface area contributed by atoms with Crippen molar-refractivity contribution in [2.75, 3.05) is 12.4 Å². The number of imidazole rings is 1. The predicted octanol–water partition coefficient (Wildman–Crippen LogP) is 2.87. The van der Waals surface area contributed by atoms with Crippen molar-refractivity contribution >= 4 is 17.2 Å². The normalized spacial score (nSPS) is 10.7. The van der Waals surface area contributed by atoms with E-state index < -0.39 is 0 Å². The highest BCUT2D eigenvalue weighted by Gasteiger charge is 2.12. The summed E-state index contributed by atoms with van der Waals surface area (Å²) in [6.45, 7) is 0.240. The summed E-state index contributed by atoms with van der Waals surface area (Å²) in [5.74, 6) is 0.617. The Bertz CT molecular complexity index is 1240. The lowest BCUT2D eigenvalue weighted by molar-refractivity contribution is 0.102. The van der Waals surface area contributed by atoms with E-state index in [9.17, 15) is 9.59 Å². The Morgan fingerprint density at radius 2 is 1.97 bits per heavy atom. The van der Waals surface area contributed by atoms with Crippen molar-refractivity contribution in [1.82, 2.24) is 14.0 Å². The van der Waals surface area contributed by atoms with Gasteiger partial charge in [0.2, 0.25) is 0 Å². The molecule has 3 heterocycles. The number of nitrogens with zero attached hydrogens (tertiary/aromatic N) is 3. The summed E-state index contributed by atoms with van der Waals surface area (Å²) in [7, 11) is 3.17. The number of hydrogen-bond donors (Lipinski definition) is 1. The van der Waals surface area contributed by atoms with Gasteiger partial charge in [-0.1, -0.05) is 6.07 Å². The first kappa shape index (κ1) is 19.3. The summed E-state index contributed by atoms with van der Waals surface area (Å²) in [6.07, 6.45) is 5.36. The van der Waals surface area contributed by atoms with Gasteiger partial charge in [-0.3, -0.25) is 9.59 Å². The molecule has 4 aromatic rings. The zero-order chi connectivity index (χ0) is 21.1. The van der Waals surface area contributed by atoms with E-state index in [0.29, 0.717) is 17.2 Å². The molecule has 0 atom stereocenters. The highest BCUT2D eigenvalue weighted by Crippen LogP contribution is 2.31. The zero-order valence-corrected chi connectivity index (χ0v) is 16.5. The maximum atomic E-state index is 12.5. The van der Waals surface area contributed by atoms with Gasteiger partial charge in [-0.15, -0.1) is 0 Å². The van der Waals surface area contributed by atoms with Crippen molar-refractivity contribution in [3.05, 3.63) is 88.7 Å². The van der Waals surface area contributed by atoms with Gasteiger partial charge < -0.3 is 23.8 Å². The Hall–Kier alpha value is -4.07. The molecule has 30 heavy (non-hydrogen) atoms. The van der Waals surface area contributed by atoms with E-state index in [0.717, 1.165) is 11.3 Å². The molecule has 0 saturated carbocycles. The number of methoxy groups -OCH3 is 1. The van der Waals surface area contributed by atoms with E-state index in [4.69, 9.17) is 9.47 Å². The van der Waals surface area contributed by atoms with Crippen LogP contribution in [0.1, 0.15) is 16.1 Å². The van der Waals surface area contributed by atoms with Crippen LogP contribution >= 0.6 is 0 Å². The standard InChI is InChI=1S/C22H20N4O4/c1-25-10-8-15(11-21(25)27)22(28)24-16-6-7-18(29-2)19(12-16)30-14-17-13-26-9-4-3-5-20(26)23-17/h3-13H,14H2,1-2H3,(H,24,28). The Kier molecular flexibility index (Phi) is 5.21. The number of carbonyl (C=O) groups is 1. The van der Waals surface area contributed by atoms with E-state index >= 15 is 0 Å². The quantitative estimate of drug-likeness (QED) is 0.534. The number of pyridine rings is 2. The average molecular weight is 404 g/mol. The molecular formula is C22H20N4O4. The SMILES string of the molecule is COc1ccc(NC(=O)c2ccn(C)c(=O)c2)cc1OCc1cn2ccccc2n1. The lowest BCUT2D eigenvalue weighted by atomic mass is 10.2. The lowest BCUT2D eigenvalue weighted by Gasteiger charge is -2.12. The number of aromatic nitrogens is 3. The summed E-state index contributed by atoms with van der Waals surface area (Å²) in [5.41, 5.74) is 2.14. The molecule has 0 saturated heterocycles. The number of rotatable bonds is 6. The van der Waals surface area contributed by atoms with Crippen LogP contribution in [-0.2, 0) is 13.7 Å². The van der Waals surface area contributed by atoms with Crippen LogP contribution in [0.3, 0.4) is 0 Å². The maximum absolute atomic E-state index is 12.5. The van der Waals surface area contributed by atoms with Crippen molar-refractivity contribution in [3.8, 4) is 11.5 Å². The molecule has 0 fully saturated rings. The topological polar surface area (TPSA) is 86.9 Å². The second-order valence-electron chi connectivity index (χ2n) is 6.67. The first-order valence-electron chi connectivity index (χ1n) is 9.25. The predicted molar refractivity (Wildman–Crippen MR) is 112 cm³/mol. The molecule has 0 aliphatic carbocycles. The van der Waals surface area contributed by atoms with Gasteiger partial charge in [0.05, 0.1) is 12.8 Å². The third-order valence-corrected chi connectivity index (χ3v) is 4.58. The number of nitrogens with one attached hydrogen (secondary N) is 1. The average Bonchev–Trinajstić information content (AvgIpc) is 3.17. The molecule has 0 unspecified atom stereocenters. The molecule has 0 aliphatic heterocycles. The Morgan fingerprint density at radius 3 is 2.73 bits per heavy atom. The lowest BCUT2D eigenvalue weighted by Crippen LogP contribution is -2.20. The first-order chi connectivity index (χ1) is 14.5. The van der Waals surface area contributed by atoms with Crippen molar-refractivity contribution in [2.45, 2.75) is 6.61 Å². The van der Waals surface area contributed by atoms with E-state index in [-0.39, 0.29) is 23.6 Å². The molecule has 0 bridgehead atoms. The third kappa shape index (κ3) is 4.02. The summed E-state index contributed by atoms with van der Waals surface area (Å²) < 4.78 is 14.6. The van der Waals surface area contributed by atoms with E-state index in [2.05, 4.69) is 10.3 Å². The number of ether oxygens (including phenoxy) is 2. The minimum absolute atomic E-state index is 0.240. The fourth-order valence-electron chi connectivity index (χ4n) is 2.97. The second-order valence-corrected chi connectivity index (χ2v) is 6.67. The summed E-state index contributed by atoms with van der Waals surface area (Å²) >= 11 is 0. The summed E-state index contributed by atoms with van der Waals surface area (Å²) in [5, 5.41) is 2.77. The number of fused-ring (bicyclic) bond motifs is 1. The fraction of sp³-hybridized carbons (Fsp3) is 0.136. The van der Waals surface area contributed by atoms with Crippen LogP contribution < -0.4 is 20.3 Å². The minimum atomic E-state index is -0.385. The number of carbonyl (C=O) groups excluding carboxylic acids is 1. The van der Waals surface area contributed by atoms with Gasteiger partial charge in [-0.05, 0) is 30.3 Å². The molecular weight excluding hydrogens is 384 g/mol. The van der Waals surface area contributed by atoms with Crippen molar-refractivity contribution < 1.29 is 14.3 Å². The molecule has 152 valence electrons. The Morgan fingerprint density at radius 1 is 1.10 bits per heavy atom. The van der Waals surface area contributed by atoms with Gasteiger partial charge in [-0.25, -0.2) is 4.98 Å². The number of aryl methyl sites for hydroxylation is 1. The molecule has 0 radical (unpaired) electrons. The molecule has 1 amide bonds. The number of benzene rings is 1. The molecule has 0 aliphatic rings. The van der Waals surface area contributed by atoms with Crippen LogP contribution in [0.5, 0.6) is 11.5 Å². The Balaban J connectivity index is 1.51. The van der Waals surface area contributed by atoms with E-state index in [1.807, 2.05) is 35.0 Å². The van der Waals surface area contributed by atoms with Gasteiger partial charge in [0, 0.05) is 49.0 Å². The number of anilines is 1. The molecule has 8 nitrogen and oxygen atoms in total. The third-order valence-electron chi connectivity index (χ3n) is 4.58. The fourth-order valence-corrected chi connectivity index (χ4v) is 2.97. The van der Waals surface area contributed by atoms with Crippen molar-refractivity contribution in [1.29, 1.82) is 0 Å². The molecule has 4 rings (SSSR count). The Labute approximate surface area is 172 Å².